The van der Waals surface area contributed by atoms with E-state index < -0.39 is 490 Å². The maximum atomic E-state index is 15.1. The van der Waals surface area contributed by atoms with E-state index in [1.54, 1.807) is 0 Å². The van der Waals surface area contributed by atoms with Gasteiger partial charge in [-0.15, -0.1) is 0 Å². The second kappa shape index (κ2) is 51.5. The zero-order valence-corrected chi connectivity index (χ0v) is 78.9. The van der Waals surface area contributed by atoms with Crippen molar-refractivity contribution in [2.24, 2.45) is 28.7 Å². The number of rotatable bonds is 42. The molecule has 0 saturated carbocycles. The van der Waals surface area contributed by atoms with Crippen LogP contribution in [0.3, 0.4) is 0 Å². The lowest BCUT2D eigenvalue weighted by Crippen LogP contribution is -2.72. The Bertz CT molecular complexity index is 4340. The van der Waals surface area contributed by atoms with Crippen LogP contribution in [0.2, 0.25) is 0 Å². The highest BCUT2D eigenvalue weighted by atomic mass is 31.2. The number of aliphatic carboxylic acids is 4. The van der Waals surface area contributed by atoms with Crippen LogP contribution < -0.4 is 28.7 Å². The number of aliphatic hydroxyl groups excluding tert-OH is 31. The molecule has 12 aliphatic rings. The minimum Gasteiger partial charge on any atom is -0.479 e. The van der Waals surface area contributed by atoms with E-state index in [0.717, 1.165) is 0 Å². The van der Waals surface area contributed by atoms with Crippen molar-refractivity contribution >= 4 is 31.7 Å². The van der Waals surface area contributed by atoms with Crippen LogP contribution in [0.15, 0.2) is 0 Å². The van der Waals surface area contributed by atoms with Crippen LogP contribution in [0.4, 0.5) is 0 Å². The molecule has 60 atom stereocenters. The van der Waals surface area contributed by atoms with E-state index >= 15 is 4.79 Å². The van der Waals surface area contributed by atoms with E-state index in [1.807, 2.05) is 0 Å². The van der Waals surface area contributed by atoms with Gasteiger partial charge in [0, 0.05) is 19.3 Å². The highest BCUT2D eigenvalue weighted by Crippen LogP contribution is 2.49. The summed E-state index contributed by atoms with van der Waals surface area (Å²) >= 11 is 0. The first-order valence-corrected chi connectivity index (χ1v) is 48.0. The van der Waals surface area contributed by atoms with Gasteiger partial charge in [0.05, 0.1) is 121 Å². The lowest BCUT2D eigenvalue weighted by Gasteiger charge is -2.54. The lowest BCUT2D eigenvalue weighted by atomic mass is 9.88. The highest BCUT2D eigenvalue weighted by Gasteiger charge is 2.69. The Morgan fingerprint density at radius 1 is 0.320 bits per heavy atom. The van der Waals surface area contributed by atoms with Crippen LogP contribution in [-0.4, -0.2) is 652 Å². The molecule has 870 valence electrons. The topological polar surface area (TPSA) is 1190 Å². The van der Waals surface area contributed by atoms with Gasteiger partial charge in [-0.3, -0.25) is 4.52 Å². The van der Waals surface area contributed by atoms with Crippen molar-refractivity contribution < 1.29 is 326 Å². The standard InChI is InChI=1S/C78H132N5O66P/c79-29-41(103)39(101)27(128-64(29)116)13-126-65-32(82)44(106)57(149-150(123,124)125)28(137-65)14-127-76(73(117)118)3-19(144-77(74(119)120)1-15(93)34(96)52(145-77)16(94)4-84)58(53(146-76)17(95)5-85)148-78(75(121)122)2-18(40(102)56(147-78)26(12-92)134-66-30(80)42(104)35(97)20(6-86)130-66)129-68-33(83)59(61(62(143-68)63(114)115)142-67-31(81)43(105)36(98)21(7-87)131-67)140-71-51(113)47(109)54(24(10-90)136-71)138-70-50(112)48(110)55(25(11-91)135-70)139-72-60(46(108)38(100)23(9-89)133-72)141-69-49(111)45(107)37(99)22(8-88)132-69/h15-62,64-72,84-113,116H,1-14,79-83H2,(H,114,115)(H,117,118)(H,119,120)(H,121,122)(H2,123,124,125)/t15-,16-,17-,18-,19-,20-,21-,22-,23-,24-,25-,26-,27-,28-,29-,30-,31-,32-,33-,34-,35-,36+,37-,38-,39-,40-,41-,42-,43-,44-,45+,46+,47-,48-,49-,50-,51-,52-,53-,54-,55-,56-,57-,58-,59-,60-,61+,62+,64+,65-,66+,67-,68+,69-,70+,71+,72+,76-,77-,78+/m1/s1. The maximum Gasteiger partial charge on any atom is 0.470 e. The molecule has 0 aromatic rings. The number of carboxylic acids is 4. The maximum absolute atomic E-state index is 15.1. The van der Waals surface area contributed by atoms with Gasteiger partial charge in [0.15, 0.2) is 62.7 Å². The van der Waals surface area contributed by atoms with Crippen LogP contribution in [0.1, 0.15) is 19.3 Å². The summed E-state index contributed by atoms with van der Waals surface area (Å²) < 4.78 is 152. The summed E-state index contributed by atoms with van der Waals surface area (Å²) in [4.78, 5) is 78.2. The molecule has 0 bridgehead atoms. The fraction of sp³-hybridized carbons (Fsp3) is 0.949. The normalized spacial score (nSPS) is 49.7. The summed E-state index contributed by atoms with van der Waals surface area (Å²) in [5.41, 5.74) is 31.4. The molecule has 12 fully saturated rings. The smallest absolute Gasteiger partial charge is 0.470 e. The van der Waals surface area contributed by atoms with Crippen molar-refractivity contribution in [3.8, 4) is 0 Å². The van der Waals surface area contributed by atoms with Crippen LogP contribution in [0.25, 0.3) is 0 Å². The minimum atomic E-state index is -5.98. The van der Waals surface area contributed by atoms with E-state index in [4.69, 9.17) is 142 Å². The van der Waals surface area contributed by atoms with Gasteiger partial charge < -0.3 is 326 Å². The van der Waals surface area contributed by atoms with Crippen molar-refractivity contribution in [1.29, 1.82) is 0 Å². The van der Waals surface area contributed by atoms with Crippen LogP contribution in [0.5, 0.6) is 0 Å². The Labute approximate surface area is 842 Å². The number of phosphoric acid groups is 1. The summed E-state index contributed by atoms with van der Waals surface area (Å²) in [5.74, 6) is -21.9. The van der Waals surface area contributed by atoms with Crippen molar-refractivity contribution in [3.05, 3.63) is 0 Å². The molecule has 47 N–H and O–H groups in total. The number of carbonyl (C=O) groups is 4. The lowest BCUT2D eigenvalue weighted by molar-refractivity contribution is -0.413. The Morgan fingerprint density at radius 2 is 0.720 bits per heavy atom. The molecule has 12 rings (SSSR count). The summed E-state index contributed by atoms with van der Waals surface area (Å²) in [5, 5.41) is 390. The third-order valence-electron chi connectivity index (χ3n) is 27.6. The van der Waals surface area contributed by atoms with Crippen LogP contribution in [-0.2, 0) is 137 Å². The Kier molecular flexibility index (Phi) is 42.7. The average molecular weight is 2230 g/mol. The van der Waals surface area contributed by atoms with Gasteiger partial charge in [-0.2, -0.15) is 0 Å². The molecule has 72 heteroatoms. The molecule has 12 heterocycles. The number of carboxylic acid groups (broad SMARTS) is 4. The first-order chi connectivity index (χ1) is 70.4. The third kappa shape index (κ3) is 25.9. The highest BCUT2D eigenvalue weighted by molar-refractivity contribution is 7.46. The predicted octanol–water partition coefficient (Wildman–Crippen LogP) is -27.6. The molecule has 150 heavy (non-hydrogen) atoms. The Morgan fingerprint density at radius 3 is 1.23 bits per heavy atom. The van der Waals surface area contributed by atoms with E-state index in [-0.39, 0.29) is 0 Å². The first kappa shape index (κ1) is 124. The molecule has 12 saturated heterocycles. The summed E-state index contributed by atoms with van der Waals surface area (Å²) in [6.07, 6.45) is -129. The predicted molar refractivity (Wildman–Crippen MR) is 450 cm³/mol. The van der Waals surface area contributed by atoms with E-state index in [2.05, 4.69) is 0 Å². The number of hydrogen-bond donors (Lipinski definition) is 42. The molecule has 0 radical (unpaired) electrons. The summed E-state index contributed by atoms with van der Waals surface area (Å²) in [6.45, 7) is -14.9. The largest absolute Gasteiger partial charge is 0.479 e. The molecular formula is C78H132N5O66P. The zero-order chi connectivity index (χ0) is 111. The quantitative estimate of drug-likeness (QED) is 0.0252. The second-order valence-corrected chi connectivity index (χ2v) is 38.7. The number of hydrogen-bond acceptors (Lipinski definition) is 65. The molecular weight excluding hydrogens is 2090 g/mol. The fourth-order valence-corrected chi connectivity index (χ4v) is 19.6. The number of phosphoric ester groups is 1. The number of aliphatic hydroxyl groups is 31. The van der Waals surface area contributed by atoms with Gasteiger partial charge in [0.2, 0.25) is 0 Å². The van der Waals surface area contributed by atoms with Gasteiger partial charge in [-0.05, 0) is 0 Å². The summed E-state index contributed by atoms with van der Waals surface area (Å²) in [7, 11) is -5.98. The van der Waals surface area contributed by atoms with Gasteiger partial charge in [0.1, 0.15) is 238 Å². The van der Waals surface area contributed by atoms with Crippen molar-refractivity contribution in [3.63, 3.8) is 0 Å². The molecule has 0 unspecified atom stereocenters. The molecule has 71 nitrogen and oxygen atoms in total. The van der Waals surface area contributed by atoms with E-state index in [9.17, 15) is 207 Å². The molecule has 0 aromatic heterocycles. The summed E-state index contributed by atoms with van der Waals surface area (Å²) in [6, 6.07) is -10.4. The van der Waals surface area contributed by atoms with Crippen molar-refractivity contribution in [1.82, 2.24) is 0 Å². The Balaban J connectivity index is 0.912. The van der Waals surface area contributed by atoms with E-state index in [0.29, 0.717) is 0 Å². The molecule has 0 aliphatic carbocycles. The molecule has 0 aromatic carbocycles. The van der Waals surface area contributed by atoms with Crippen LogP contribution in [0, 0.1) is 0 Å². The molecule has 0 amide bonds. The number of ether oxygens (including phenoxy) is 23. The monoisotopic (exact) mass is 2230 g/mol. The minimum absolute atomic E-state index is 1.01. The van der Waals surface area contributed by atoms with Gasteiger partial charge in [0.25, 0.3) is 17.4 Å². The third-order valence-corrected chi connectivity index (χ3v) is 28.1. The molecule has 0 spiro atoms. The molecule has 12 aliphatic heterocycles. The SMILES string of the molecule is N[C@@H]1[C@@H](O)[C@H](O)[C@@H](CO[C@@H]2O[C@H](CO[C@]3(C(=O)O)C[C@@H](O[C@]4(C(=O)O)C[C@@H](O)[C@@H](O)[C@@H]([C@H](O)CO)O4)[C@@H](O[C@]4(C(=O)O)C[C@@H](O[C@H]5O[C@H](C(=O)O)[C@@H](O[C@H]6O[C@H](CO)[C@H](O)[C@H](O)[C@H]6N)[C@H](O[C@@H]6O[C@H](CO)[C@@H](O[C@@H]7O[C@H](CO)[C@@H](O[C@@H]8O[C@H](CO)[C@@H](O)[C@H](O)[C@H]8O[C@H]8O[C@H](CO)[C@@H](O)[C@H](O)[C@H]8O)[C@H](O)[C@H]7O)[C@H](O)[C@H]6O)[C@H]5N)[C@@H](O)[C@@H]([C@@H](CO)O[C@@H]5O[C@H](CO)[C@@H](O)[C@H](O)[C@H]5N)O4)[C@@H]([C@H](O)CO)O3)[C@@H](OP(=O)(O)O)[C@H](O)[C@H]2N)O[C@@H]1O. The second-order valence-electron chi connectivity index (χ2n) is 37.5. The van der Waals surface area contributed by atoms with Crippen LogP contribution >= 0.6 is 7.82 Å². The van der Waals surface area contributed by atoms with Gasteiger partial charge in [-0.25, -0.2) is 23.7 Å². The van der Waals surface area contributed by atoms with Crippen molar-refractivity contribution in [2.45, 2.75) is 386 Å². The fourth-order valence-electron chi connectivity index (χ4n) is 19.1. The van der Waals surface area contributed by atoms with E-state index in [1.165, 1.54) is 0 Å². The van der Waals surface area contributed by atoms with Gasteiger partial charge >= 0.3 is 31.7 Å². The average Bonchev–Trinajstić information content (AvgIpc) is 0.729. The van der Waals surface area contributed by atoms with Crippen molar-refractivity contribution in [2.75, 3.05) is 72.7 Å². The van der Waals surface area contributed by atoms with Gasteiger partial charge in [-0.1, -0.05) is 0 Å². The Hall–Kier alpha value is -4.37. The first-order valence-electron chi connectivity index (χ1n) is 46.5. The number of nitrogens with two attached hydrogens (primary N) is 5. The zero-order valence-electron chi connectivity index (χ0n) is 78.0.